The van der Waals surface area contributed by atoms with Gasteiger partial charge in [0.25, 0.3) is 5.56 Å². The second kappa shape index (κ2) is 4.34. The van der Waals surface area contributed by atoms with Crippen molar-refractivity contribution in [2.45, 2.75) is 6.10 Å². The fourth-order valence-electron chi connectivity index (χ4n) is 2.49. The molecular formula is C14H13N3O4. The van der Waals surface area contributed by atoms with Crippen LogP contribution in [0.1, 0.15) is 27.6 Å². The van der Waals surface area contributed by atoms with Gasteiger partial charge in [0.2, 0.25) is 0 Å². The van der Waals surface area contributed by atoms with E-state index >= 15 is 0 Å². The van der Waals surface area contributed by atoms with Crippen LogP contribution in [-0.2, 0) is 18.8 Å². The summed E-state index contributed by atoms with van der Waals surface area (Å²) in [5.41, 5.74) is 5.87. The number of carbonyl (C=O) groups excluding carboxylic acids is 1. The van der Waals surface area contributed by atoms with E-state index in [4.69, 9.17) is 10.5 Å². The molecule has 0 saturated carbocycles. The average Bonchev–Trinajstić information content (AvgIpc) is 2.81. The third kappa shape index (κ3) is 1.70. The molecule has 0 fully saturated rings. The Morgan fingerprint density at radius 1 is 1.10 bits per heavy atom. The van der Waals surface area contributed by atoms with Gasteiger partial charge in [0.15, 0.2) is 6.10 Å². The molecule has 1 aromatic heterocycles. The molecule has 1 atom stereocenters. The lowest BCUT2D eigenvalue weighted by molar-refractivity contribution is 0.0453. The molecule has 0 bridgehead atoms. The molecule has 2 N–H and O–H groups in total. The van der Waals surface area contributed by atoms with Crippen molar-refractivity contribution >= 4 is 11.8 Å². The van der Waals surface area contributed by atoms with Crippen molar-refractivity contribution in [3.63, 3.8) is 0 Å². The molecule has 0 amide bonds. The third-order valence-electron chi connectivity index (χ3n) is 3.70. The zero-order chi connectivity index (χ0) is 15.3. The number of nitrogens with zero attached hydrogens (tertiary/aromatic N) is 2. The Bertz CT molecular complexity index is 879. The second-order valence-corrected chi connectivity index (χ2v) is 4.88. The number of hydrogen-bond donors (Lipinski definition) is 1. The van der Waals surface area contributed by atoms with Crippen LogP contribution in [0.25, 0.3) is 0 Å². The van der Waals surface area contributed by atoms with Gasteiger partial charge in [-0.25, -0.2) is 9.59 Å². The van der Waals surface area contributed by atoms with Gasteiger partial charge >= 0.3 is 11.7 Å². The van der Waals surface area contributed by atoms with Gasteiger partial charge < -0.3 is 10.5 Å². The maximum atomic E-state index is 12.3. The molecule has 0 saturated heterocycles. The van der Waals surface area contributed by atoms with Gasteiger partial charge in [-0.1, -0.05) is 18.2 Å². The van der Waals surface area contributed by atoms with Crippen LogP contribution in [0.15, 0.2) is 33.9 Å². The van der Waals surface area contributed by atoms with E-state index in [1.807, 2.05) is 0 Å². The molecule has 1 aliphatic heterocycles. The number of hydrogen-bond acceptors (Lipinski definition) is 5. The maximum Gasteiger partial charge on any atom is 0.339 e. The highest BCUT2D eigenvalue weighted by Crippen LogP contribution is 2.35. The van der Waals surface area contributed by atoms with Gasteiger partial charge in [0.1, 0.15) is 11.4 Å². The zero-order valence-corrected chi connectivity index (χ0v) is 11.5. The van der Waals surface area contributed by atoms with E-state index in [0.29, 0.717) is 11.1 Å². The fraction of sp³-hybridized carbons (Fsp3) is 0.214. The molecule has 0 radical (unpaired) electrons. The maximum absolute atomic E-state index is 12.3. The molecule has 7 nitrogen and oxygen atoms in total. The third-order valence-corrected chi connectivity index (χ3v) is 3.70. The number of anilines is 1. The summed E-state index contributed by atoms with van der Waals surface area (Å²) >= 11 is 0. The van der Waals surface area contributed by atoms with Crippen LogP contribution in [-0.4, -0.2) is 15.1 Å². The standard InChI is InChI=1S/C14H13N3O4/c1-16-11(15)9(12(18)17(2)14(16)20)10-7-5-3-4-6-8(7)13(19)21-10/h3-6,10H,15H2,1-2H3/t10-/m0/s1. The summed E-state index contributed by atoms with van der Waals surface area (Å²) in [5.74, 6) is -0.511. The van der Waals surface area contributed by atoms with E-state index in [1.165, 1.54) is 14.1 Å². The van der Waals surface area contributed by atoms with Gasteiger partial charge in [-0.15, -0.1) is 0 Å². The van der Waals surface area contributed by atoms with Gasteiger partial charge in [0.05, 0.1) is 5.56 Å². The first kappa shape index (κ1) is 13.2. The Kier molecular flexibility index (Phi) is 2.72. The molecule has 0 aliphatic carbocycles. The van der Waals surface area contributed by atoms with E-state index in [1.54, 1.807) is 24.3 Å². The SMILES string of the molecule is Cn1c(N)c([C@H]2OC(=O)c3ccccc32)c(=O)n(C)c1=O. The molecule has 0 unspecified atom stereocenters. The predicted molar refractivity (Wildman–Crippen MR) is 75.0 cm³/mol. The Morgan fingerprint density at radius 2 is 1.76 bits per heavy atom. The number of aromatic nitrogens is 2. The monoisotopic (exact) mass is 287 g/mol. The minimum Gasteiger partial charge on any atom is -0.449 e. The minimum atomic E-state index is -0.890. The van der Waals surface area contributed by atoms with Crippen LogP contribution in [0.4, 0.5) is 5.82 Å². The first-order valence-electron chi connectivity index (χ1n) is 6.28. The summed E-state index contributed by atoms with van der Waals surface area (Å²) in [6, 6.07) is 6.79. The quantitative estimate of drug-likeness (QED) is 0.740. The number of cyclic esters (lactones) is 1. The largest absolute Gasteiger partial charge is 0.449 e. The van der Waals surface area contributed by atoms with Crippen LogP contribution in [0, 0.1) is 0 Å². The Labute approximate surface area is 119 Å². The molecule has 2 heterocycles. The number of nitrogens with two attached hydrogens (primary N) is 1. The lowest BCUT2D eigenvalue weighted by atomic mass is 10.0. The smallest absolute Gasteiger partial charge is 0.339 e. The Morgan fingerprint density at radius 3 is 2.48 bits per heavy atom. The number of benzene rings is 1. The van der Waals surface area contributed by atoms with Crippen molar-refractivity contribution in [3.05, 3.63) is 61.8 Å². The lowest BCUT2D eigenvalue weighted by Gasteiger charge is -2.16. The summed E-state index contributed by atoms with van der Waals surface area (Å²) in [6.07, 6.45) is -0.890. The average molecular weight is 287 g/mol. The van der Waals surface area contributed by atoms with Crippen LogP contribution in [0.2, 0.25) is 0 Å². The molecule has 1 aromatic carbocycles. The summed E-state index contributed by atoms with van der Waals surface area (Å²) in [7, 11) is 2.82. The lowest BCUT2D eigenvalue weighted by Crippen LogP contribution is -2.41. The highest BCUT2D eigenvalue weighted by Gasteiger charge is 2.36. The van der Waals surface area contributed by atoms with Gasteiger partial charge in [-0.3, -0.25) is 13.9 Å². The molecule has 7 heteroatoms. The van der Waals surface area contributed by atoms with Crippen molar-refractivity contribution in [1.29, 1.82) is 0 Å². The van der Waals surface area contributed by atoms with Gasteiger partial charge in [0, 0.05) is 19.7 Å². The minimum absolute atomic E-state index is 0.00222. The topological polar surface area (TPSA) is 96.3 Å². The molecular weight excluding hydrogens is 274 g/mol. The van der Waals surface area contributed by atoms with Crippen molar-refractivity contribution in [2.75, 3.05) is 5.73 Å². The van der Waals surface area contributed by atoms with E-state index < -0.39 is 23.3 Å². The van der Waals surface area contributed by atoms with Crippen LogP contribution in [0.5, 0.6) is 0 Å². The number of fused-ring (bicyclic) bond motifs is 1. The second-order valence-electron chi connectivity index (χ2n) is 4.88. The number of nitrogen functional groups attached to an aromatic ring is 1. The Hall–Kier alpha value is -2.83. The number of esters is 1. The van der Waals surface area contributed by atoms with Crippen molar-refractivity contribution < 1.29 is 9.53 Å². The van der Waals surface area contributed by atoms with Crippen molar-refractivity contribution in [3.8, 4) is 0 Å². The van der Waals surface area contributed by atoms with Crippen molar-refractivity contribution in [2.24, 2.45) is 14.1 Å². The predicted octanol–water partition coefficient (Wildman–Crippen LogP) is -0.0740. The summed E-state index contributed by atoms with van der Waals surface area (Å²) in [5, 5.41) is 0. The van der Waals surface area contributed by atoms with E-state index in [-0.39, 0.29) is 11.4 Å². The number of carbonyl (C=O) groups is 1. The van der Waals surface area contributed by atoms with E-state index in [9.17, 15) is 14.4 Å². The summed E-state index contributed by atoms with van der Waals surface area (Å²) in [6.45, 7) is 0. The van der Waals surface area contributed by atoms with E-state index in [0.717, 1.165) is 9.13 Å². The molecule has 1 aliphatic rings. The fourth-order valence-corrected chi connectivity index (χ4v) is 2.49. The summed E-state index contributed by atoms with van der Waals surface area (Å²) < 4.78 is 7.38. The molecule has 2 aromatic rings. The van der Waals surface area contributed by atoms with Gasteiger partial charge in [-0.2, -0.15) is 0 Å². The zero-order valence-electron chi connectivity index (χ0n) is 11.5. The molecule has 3 rings (SSSR count). The van der Waals surface area contributed by atoms with Crippen molar-refractivity contribution in [1.82, 2.24) is 9.13 Å². The van der Waals surface area contributed by atoms with E-state index in [2.05, 4.69) is 0 Å². The Balaban J connectivity index is 2.32. The molecule has 21 heavy (non-hydrogen) atoms. The van der Waals surface area contributed by atoms with Crippen LogP contribution >= 0.6 is 0 Å². The highest BCUT2D eigenvalue weighted by molar-refractivity contribution is 5.94. The van der Waals surface area contributed by atoms with Crippen LogP contribution < -0.4 is 17.0 Å². The van der Waals surface area contributed by atoms with Gasteiger partial charge in [-0.05, 0) is 6.07 Å². The number of rotatable bonds is 1. The highest BCUT2D eigenvalue weighted by atomic mass is 16.5. The first-order chi connectivity index (χ1) is 9.93. The normalized spacial score (nSPS) is 16.7. The first-order valence-corrected chi connectivity index (χ1v) is 6.28. The summed E-state index contributed by atoms with van der Waals surface area (Å²) in [4.78, 5) is 36.0. The number of ether oxygens (including phenoxy) is 1. The molecule has 0 spiro atoms. The van der Waals surface area contributed by atoms with Crippen LogP contribution in [0.3, 0.4) is 0 Å². The molecule has 108 valence electrons.